The van der Waals surface area contributed by atoms with Gasteiger partial charge >= 0.3 is 0 Å². The summed E-state index contributed by atoms with van der Waals surface area (Å²) < 4.78 is 28.3. The van der Waals surface area contributed by atoms with E-state index in [1.165, 1.54) is 29.5 Å². The van der Waals surface area contributed by atoms with E-state index in [1.807, 2.05) is 35.1 Å². The van der Waals surface area contributed by atoms with Crippen molar-refractivity contribution in [1.29, 1.82) is 0 Å². The molecule has 5 aromatic rings. The van der Waals surface area contributed by atoms with Gasteiger partial charge < -0.3 is 15.3 Å². The van der Waals surface area contributed by atoms with Crippen molar-refractivity contribution in [2.45, 2.75) is 29.7 Å². The molecule has 6 rings (SSSR count). The minimum atomic E-state index is -4.39. The zero-order valence-electron chi connectivity index (χ0n) is 29.1. The molecule has 0 radical (unpaired) electrons. The summed E-state index contributed by atoms with van der Waals surface area (Å²) >= 11 is 1.59. The molecule has 1 aliphatic heterocycles. The van der Waals surface area contributed by atoms with E-state index in [1.54, 1.807) is 48.3 Å². The predicted molar refractivity (Wildman–Crippen MR) is 208 cm³/mol. The highest BCUT2D eigenvalue weighted by atomic mass is 32.2. The van der Waals surface area contributed by atoms with E-state index in [2.05, 4.69) is 45.2 Å². The van der Waals surface area contributed by atoms with Crippen LogP contribution in [-0.2, 0) is 23.0 Å². The number of nitrogens with zero attached hydrogens (tertiary/aromatic N) is 4. The molecule has 1 amide bonds. The molecule has 0 saturated carbocycles. The molecule has 0 atom stereocenters. The van der Waals surface area contributed by atoms with E-state index in [0.717, 1.165) is 66.9 Å². The highest BCUT2D eigenvalue weighted by Gasteiger charge is 2.24. The van der Waals surface area contributed by atoms with Crippen molar-refractivity contribution < 1.29 is 23.2 Å². The van der Waals surface area contributed by atoms with Gasteiger partial charge in [0.05, 0.1) is 16.0 Å². The van der Waals surface area contributed by atoms with E-state index in [9.17, 15) is 28.4 Å². The third-order valence-corrected chi connectivity index (χ3v) is 11.4. The Morgan fingerprint density at radius 2 is 1.66 bits per heavy atom. The average molecular weight is 753 g/mol. The van der Waals surface area contributed by atoms with Gasteiger partial charge in [-0.2, -0.15) is 0 Å². The number of amides is 1. The first-order valence-corrected chi connectivity index (χ1v) is 19.7. The summed E-state index contributed by atoms with van der Waals surface area (Å²) in [6, 6.07) is 28.1. The molecule has 1 aromatic heterocycles. The molecule has 2 heterocycles. The van der Waals surface area contributed by atoms with E-state index < -0.39 is 26.5 Å². The van der Waals surface area contributed by atoms with Gasteiger partial charge in [0.25, 0.3) is 21.6 Å². The fraction of sp³-hybridized carbons (Fsp3) is 0.231. The number of carbonyl (C=O) groups is 1. The number of nitro groups is 1. The van der Waals surface area contributed by atoms with Crippen LogP contribution in [-0.4, -0.2) is 72.7 Å². The van der Waals surface area contributed by atoms with Gasteiger partial charge in [-0.3, -0.25) is 24.8 Å². The molecule has 3 N–H and O–H groups in total. The van der Waals surface area contributed by atoms with Crippen LogP contribution in [0.1, 0.15) is 28.4 Å². The molecule has 1 saturated heterocycles. The van der Waals surface area contributed by atoms with Crippen LogP contribution in [0.2, 0.25) is 0 Å². The minimum Gasteiger partial charge on any atom is -0.506 e. The molecular formula is C39H40N6O6S2. The van der Waals surface area contributed by atoms with Crippen LogP contribution in [0.15, 0.2) is 119 Å². The van der Waals surface area contributed by atoms with Gasteiger partial charge in [-0.15, -0.1) is 11.8 Å². The number of anilines is 2. The van der Waals surface area contributed by atoms with Gasteiger partial charge in [0.1, 0.15) is 11.4 Å². The third-order valence-electron chi connectivity index (χ3n) is 9.04. The maximum Gasteiger partial charge on any atom is 0.293 e. The normalized spacial score (nSPS) is 13.4. The van der Waals surface area contributed by atoms with Gasteiger partial charge in [0.2, 0.25) is 0 Å². The highest BCUT2D eigenvalue weighted by Crippen LogP contribution is 2.29. The number of benzene rings is 4. The molecule has 1 fully saturated rings. The number of hydrogen-bond donors (Lipinski definition) is 3. The number of nitro benzene ring substituents is 1. The van der Waals surface area contributed by atoms with Gasteiger partial charge in [-0.05, 0) is 77.7 Å². The molecule has 53 heavy (non-hydrogen) atoms. The predicted octanol–water partition coefficient (Wildman–Crippen LogP) is 6.57. The maximum absolute atomic E-state index is 13.1. The van der Waals surface area contributed by atoms with Crippen LogP contribution in [0.3, 0.4) is 0 Å². The largest absolute Gasteiger partial charge is 0.506 e. The minimum absolute atomic E-state index is 0.138. The number of aromatic hydroxyl groups is 1. The molecule has 1 aliphatic rings. The molecule has 0 unspecified atom stereocenters. The van der Waals surface area contributed by atoms with E-state index >= 15 is 0 Å². The lowest BCUT2D eigenvalue weighted by Crippen LogP contribution is -2.46. The molecular weight excluding hydrogens is 713 g/mol. The van der Waals surface area contributed by atoms with Crippen molar-refractivity contribution in [3.05, 3.63) is 136 Å². The fourth-order valence-corrected chi connectivity index (χ4v) is 7.98. The lowest BCUT2D eigenvalue weighted by atomic mass is 9.98. The first-order chi connectivity index (χ1) is 25.6. The number of aryl methyl sites for hydroxylation is 1. The molecule has 12 nitrogen and oxygen atoms in total. The topological polar surface area (TPSA) is 158 Å². The lowest BCUT2D eigenvalue weighted by molar-refractivity contribution is -0.384. The van der Waals surface area contributed by atoms with Crippen LogP contribution < -0.4 is 14.9 Å². The second-order valence-corrected chi connectivity index (χ2v) is 15.4. The second-order valence-electron chi connectivity index (χ2n) is 12.5. The zero-order chi connectivity index (χ0) is 37.4. The van der Waals surface area contributed by atoms with Crippen molar-refractivity contribution in [3.63, 3.8) is 0 Å². The second kappa shape index (κ2) is 16.9. The number of sulfonamides is 1. The molecule has 0 aliphatic carbocycles. The average Bonchev–Trinajstić information content (AvgIpc) is 3.17. The van der Waals surface area contributed by atoms with Crippen molar-refractivity contribution in [3.8, 4) is 16.9 Å². The van der Waals surface area contributed by atoms with Crippen molar-refractivity contribution >= 4 is 44.8 Å². The first-order valence-electron chi connectivity index (χ1n) is 17.2. The Kier molecular flexibility index (Phi) is 11.9. The summed E-state index contributed by atoms with van der Waals surface area (Å²) in [6.45, 7) is 6.62. The highest BCUT2D eigenvalue weighted by molar-refractivity contribution is 7.99. The Balaban J connectivity index is 1.02. The zero-order valence-corrected chi connectivity index (χ0v) is 30.8. The number of pyridine rings is 1. The van der Waals surface area contributed by atoms with Gasteiger partial charge in [0.15, 0.2) is 0 Å². The molecule has 4 aromatic carbocycles. The molecule has 0 bridgehead atoms. The van der Waals surface area contributed by atoms with Crippen LogP contribution >= 0.6 is 11.8 Å². The number of nitrogens with one attached hydrogen (secondary N) is 2. The molecule has 274 valence electrons. The van der Waals surface area contributed by atoms with Crippen molar-refractivity contribution in [2.24, 2.45) is 0 Å². The smallest absolute Gasteiger partial charge is 0.293 e. The fourth-order valence-electron chi connectivity index (χ4n) is 6.19. The summed E-state index contributed by atoms with van der Waals surface area (Å²) in [4.78, 5) is 33.6. The number of carbonyl (C=O) groups excluding carboxylic acids is 1. The SMILES string of the molecule is CCc1cc(-c2cncc(O)c2)ccc1CN1CCN(c2ccc(C(=O)NS(=O)(=O)c3ccc(NCCSc4ccccc4)c([N+](=O)[O-])c3)cc2)CC1. The van der Waals surface area contributed by atoms with E-state index in [0.29, 0.717) is 12.3 Å². The number of aromatic nitrogens is 1. The lowest BCUT2D eigenvalue weighted by Gasteiger charge is -2.36. The van der Waals surface area contributed by atoms with Gasteiger partial charge in [-0.25, -0.2) is 13.1 Å². The van der Waals surface area contributed by atoms with E-state index in [-0.39, 0.29) is 21.9 Å². The monoisotopic (exact) mass is 752 g/mol. The van der Waals surface area contributed by atoms with Crippen LogP contribution in [0, 0.1) is 10.1 Å². The number of rotatable bonds is 14. The summed E-state index contributed by atoms with van der Waals surface area (Å²) in [7, 11) is -4.39. The summed E-state index contributed by atoms with van der Waals surface area (Å²) in [5.41, 5.74) is 5.26. The van der Waals surface area contributed by atoms with Crippen molar-refractivity contribution in [2.75, 3.05) is 48.7 Å². The summed E-state index contributed by atoms with van der Waals surface area (Å²) in [6.07, 6.45) is 4.05. The van der Waals surface area contributed by atoms with Gasteiger partial charge in [0, 0.05) is 79.0 Å². The van der Waals surface area contributed by atoms with Crippen molar-refractivity contribution in [1.82, 2.24) is 14.6 Å². The van der Waals surface area contributed by atoms with Gasteiger partial charge in [-0.1, -0.05) is 43.3 Å². The Morgan fingerprint density at radius 3 is 2.36 bits per heavy atom. The van der Waals surface area contributed by atoms with Crippen LogP contribution in [0.25, 0.3) is 11.1 Å². The standard InChI is InChI=1S/C39H40N6O6S2/c1-2-28-22-30(32-23-34(46)26-40-25-32)8-9-31(28)27-43-17-19-44(20-18-43)33-12-10-29(11-13-33)39(47)42-53(50,51)36-14-15-37(38(24-36)45(48)49)41-16-21-52-35-6-4-3-5-7-35/h3-15,22-26,41,46H,2,16-21,27H2,1H3,(H,42,47). The number of hydrogen-bond acceptors (Lipinski definition) is 11. The molecule has 14 heteroatoms. The maximum atomic E-state index is 13.1. The number of thioether (sulfide) groups is 1. The summed E-state index contributed by atoms with van der Waals surface area (Å²) in [5.74, 6) is -0.0509. The van der Waals surface area contributed by atoms with E-state index in [4.69, 9.17) is 0 Å². The quantitative estimate of drug-likeness (QED) is 0.0488. The Bertz CT molecular complexity index is 2180. The van der Waals surface area contributed by atoms with Crippen LogP contribution in [0.4, 0.5) is 17.1 Å². The third kappa shape index (κ3) is 9.52. The Hall–Kier alpha value is -5.44. The Labute approximate surface area is 313 Å². The molecule has 0 spiro atoms. The number of piperazine rings is 1. The van der Waals surface area contributed by atoms with Crippen LogP contribution in [0.5, 0.6) is 5.75 Å². The summed E-state index contributed by atoms with van der Waals surface area (Å²) in [5, 5.41) is 24.7. The Morgan fingerprint density at radius 1 is 0.906 bits per heavy atom. The first kappa shape index (κ1) is 37.3.